The summed E-state index contributed by atoms with van der Waals surface area (Å²) in [5, 5.41) is 0. The molecule has 0 aliphatic rings. The van der Waals surface area contributed by atoms with E-state index < -0.39 is 9.84 Å². The van der Waals surface area contributed by atoms with E-state index in [9.17, 15) is 12.8 Å². The van der Waals surface area contributed by atoms with Crippen LogP contribution < -0.4 is 0 Å². The summed E-state index contributed by atoms with van der Waals surface area (Å²) in [4.78, 5) is 0.312. The molecule has 0 unspecified atom stereocenters. The molecule has 2 nitrogen and oxygen atoms in total. The van der Waals surface area contributed by atoms with E-state index in [-0.39, 0.29) is 11.6 Å². The van der Waals surface area contributed by atoms with Crippen molar-refractivity contribution in [1.82, 2.24) is 0 Å². The second-order valence-corrected chi connectivity index (χ2v) is 6.58. The van der Waals surface area contributed by atoms with Crippen molar-refractivity contribution in [2.24, 2.45) is 0 Å². The van der Waals surface area contributed by atoms with Crippen molar-refractivity contribution >= 4 is 15.9 Å². The first kappa shape index (κ1) is 14.5. The average Bonchev–Trinajstić information content (AvgIpc) is 2.41. The zero-order chi connectivity index (χ0) is 14.6. The highest BCUT2D eigenvalue weighted by atomic mass is 32.2. The molecular weight excluding hydrogens is 275 g/mol. The summed E-state index contributed by atoms with van der Waals surface area (Å²) in [6.07, 6.45) is 3.24. The van der Waals surface area contributed by atoms with Gasteiger partial charge in [0.1, 0.15) is 5.82 Å². The van der Waals surface area contributed by atoms with Gasteiger partial charge in [-0.05, 0) is 36.8 Å². The maximum atomic E-state index is 12.7. The van der Waals surface area contributed by atoms with Gasteiger partial charge in [0.2, 0.25) is 0 Å². The predicted molar refractivity (Wildman–Crippen MR) is 78.7 cm³/mol. The lowest BCUT2D eigenvalue weighted by molar-refractivity contribution is 0.599. The van der Waals surface area contributed by atoms with E-state index >= 15 is 0 Å². The zero-order valence-electron chi connectivity index (χ0n) is 11.1. The molecule has 2 rings (SSSR count). The molecule has 0 radical (unpaired) electrons. The summed E-state index contributed by atoms with van der Waals surface area (Å²) < 4.78 is 36.9. The van der Waals surface area contributed by atoms with Gasteiger partial charge in [-0.1, -0.05) is 42.0 Å². The number of hydrogen-bond acceptors (Lipinski definition) is 2. The van der Waals surface area contributed by atoms with E-state index in [1.165, 1.54) is 12.1 Å². The number of benzene rings is 2. The minimum Gasteiger partial charge on any atom is -0.223 e. The third kappa shape index (κ3) is 3.78. The van der Waals surface area contributed by atoms with Gasteiger partial charge in [-0.3, -0.25) is 0 Å². The normalized spacial score (nSPS) is 11.9. The molecule has 0 aromatic heterocycles. The van der Waals surface area contributed by atoms with E-state index in [4.69, 9.17) is 0 Å². The van der Waals surface area contributed by atoms with Crippen LogP contribution >= 0.6 is 0 Å². The molecule has 0 aliphatic heterocycles. The van der Waals surface area contributed by atoms with Crippen LogP contribution in [0.5, 0.6) is 0 Å². The molecule has 0 saturated heterocycles. The Morgan fingerprint density at radius 2 is 1.60 bits per heavy atom. The lowest BCUT2D eigenvalue weighted by Gasteiger charge is -2.01. The summed E-state index contributed by atoms with van der Waals surface area (Å²) in [5.74, 6) is -0.387. The fourth-order valence-electron chi connectivity index (χ4n) is 1.73. The Morgan fingerprint density at radius 3 is 2.20 bits per heavy atom. The minimum absolute atomic E-state index is 0.0760. The van der Waals surface area contributed by atoms with Crippen molar-refractivity contribution in [2.45, 2.75) is 11.8 Å². The van der Waals surface area contributed by atoms with Crippen molar-refractivity contribution in [1.29, 1.82) is 0 Å². The highest BCUT2D eigenvalue weighted by Crippen LogP contribution is 2.13. The molecule has 0 atom stereocenters. The van der Waals surface area contributed by atoms with Crippen LogP contribution in [0.2, 0.25) is 0 Å². The van der Waals surface area contributed by atoms with E-state index in [0.717, 1.165) is 11.1 Å². The van der Waals surface area contributed by atoms with Gasteiger partial charge in [-0.25, -0.2) is 12.8 Å². The topological polar surface area (TPSA) is 34.1 Å². The quantitative estimate of drug-likeness (QED) is 0.862. The smallest absolute Gasteiger partial charge is 0.181 e. The summed E-state index contributed by atoms with van der Waals surface area (Å²) in [5.41, 5.74) is 1.79. The minimum atomic E-state index is -3.32. The van der Waals surface area contributed by atoms with Crippen molar-refractivity contribution in [3.8, 4) is 0 Å². The number of halogens is 1. The van der Waals surface area contributed by atoms with Crippen molar-refractivity contribution < 1.29 is 12.8 Å². The Balaban J connectivity index is 2.09. The van der Waals surface area contributed by atoms with E-state index in [1.54, 1.807) is 48.6 Å². The molecule has 0 bridgehead atoms. The summed E-state index contributed by atoms with van der Waals surface area (Å²) in [6.45, 7) is 1.91. The maximum absolute atomic E-state index is 12.7. The highest BCUT2D eigenvalue weighted by Gasteiger charge is 2.11. The summed E-state index contributed by atoms with van der Waals surface area (Å²) >= 11 is 0. The predicted octanol–water partition coefficient (Wildman–Crippen LogP) is 3.62. The van der Waals surface area contributed by atoms with Crippen LogP contribution in [0.15, 0.2) is 59.5 Å². The molecule has 4 heteroatoms. The number of sulfone groups is 1. The van der Waals surface area contributed by atoms with Crippen molar-refractivity contribution in [2.75, 3.05) is 5.75 Å². The molecule has 0 spiro atoms. The fourth-order valence-corrected chi connectivity index (χ4v) is 2.82. The van der Waals surface area contributed by atoms with Gasteiger partial charge in [0.25, 0.3) is 0 Å². The lowest BCUT2D eigenvalue weighted by Crippen LogP contribution is -2.04. The Labute approximate surface area is 118 Å². The Hall–Kier alpha value is -1.94. The maximum Gasteiger partial charge on any atom is 0.181 e. The molecule has 2 aromatic rings. The Bertz CT molecular complexity index is 699. The van der Waals surface area contributed by atoms with Crippen LogP contribution in [0, 0.1) is 12.7 Å². The van der Waals surface area contributed by atoms with Gasteiger partial charge in [-0.2, -0.15) is 0 Å². The standard InChI is InChI=1S/C16H15FO2S/c1-13-4-10-16(11-5-13)20(18,19)12-2-3-14-6-8-15(17)9-7-14/h2-11H,12H2,1H3/b3-2+. The number of hydrogen-bond donors (Lipinski definition) is 0. The second-order valence-electron chi connectivity index (χ2n) is 4.55. The Morgan fingerprint density at radius 1 is 1.00 bits per heavy atom. The monoisotopic (exact) mass is 290 g/mol. The second kappa shape index (κ2) is 6.01. The first-order chi connectivity index (χ1) is 9.47. The van der Waals surface area contributed by atoms with Crippen LogP contribution in [0.25, 0.3) is 6.08 Å². The molecule has 0 N–H and O–H groups in total. The molecule has 0 aliphatic carbocycles. The number of rotatable bonds is 4. The van der Waals surface area contributed by atoms with Gasteiger partial charge in [0.15, 0.2) is 9.84 Å². The van der Waals surface area contributed by atoms with Crippen LogP contribution in [0.4, 0.5) is 4.39 Å². The van der Waals surface area contributed by atoms with E-state index in [2.05, 4.69) is 0 Å². The van der Waals surface area contributed by atoms with Crippen LogP contribution in [0.3, 0.4) is 0 Å². The number of aryl methyl sites for hydroxylation is 1. The molecule has 0 saturated carbocycles. The average molecular weight is 290 g/mol. The molecular formula is C16H15FO2S. The first-order valence-corrected chi connectivity index (χ1v) is 7.84. The van der Waals surface area contributed by atoms with E-state index in [0.29, 0.717) is 4.90 Å². The third-order valence-electron chi connectivity index (χ3n) is 2.88. The van der Waals surface area contributed by atoms with Crippen LogP contribution in [-0.2, 0) is 9.84 Å². The van der Waals surface area contributed by atoms with Gasteiger partial charge in [0, 0.05) is 0 Å². The molecule has 2 aromatic carbocycles. The van der Waals surface area contributed by atoms with E-state index in [1.807, 2.05) is 6.92 Å². The zero-order valence-corrected chi connectivity index (χ0v) is 11.9. The van der Waals surface area contributed by atoms with Crippen molar-refractivity contribution in [3.05, 3.63) is 71.6 Å². The van der Waals surface area contributed by atoms with Gasteiger partial charge < -0.3 is 0 Å². The van der Waals surface area contributed by atoms with Gasteiger partial charge in [-0.15, -0.1) is 0 Å². The molecule has 0 fully saturated rings. The summed E-state index contributed by atoms with van der Waals surface area (Å²) in [6, 6.07) is 12.6. The van der Waals surface area contributed by atoms with Crippen LogP contribution in [-0.4, -0.2) is 14.2 Å². The van der Waals surface area contributed by atoms with Crippen LogP contribution in [0.1, 0.15) is 11.1 Å². The summed E-state index contributed by atoms with van der Waals surface area (Å²) in [7, 11) is -3.32. The molecule has 20 heavy (non-hydrogen) atoms. The molecule has 104 valence electrons. The molecule has 0 amide bonds. The fraction of sp³-hybridized carbons (Fsp3) is 0.125. The van der Waals surface area contributed by atoms with Crippen molar-refractivity contribution in [3.63, 3.8) is 0 Å². The van der Waals surface area contributed by atoms with Gasteiger partial charge >= 0.3 is 0 Å². The largest absolute Gasteiger partial charge is 0.223 e. The first-order valence-electron chi connectivity index (χ1n) is 6.19. The highest BCUT2D eigenvalue weighted by molar-refractivity contribution is 7.91. The SMILES string of the molecule is Cc1ccc(S(=O)(=O)C/C=C/c2ccc(F)cc2)cc1. The lowest BCUT2D eigenvalue weighted by atomic mass is 10.2. The third-order valence-corrected chi connectivity index (χ3v) is 4.50. The van der Waals surface area contributed by atoms with Gasteiger partial charge in [0.05, 0.1) is 10.6 Å². The molecule has 0 heterocycles. The Kier molecular flexibility index (Phi) is 4.35.